The van der Waals surface area contributed by atoms with Gasteiger partial charge < -0.3 is 19.9 Å². The fourth-order valence-electron chi connectivity index (χ4n) is 5.45. The lowest BCUT2D eigenvalue weighted by Crippen LogP contribution is -2.70. The highest BCUT2D eigenvalue weighted by Gasteiger charge is 2.55. The van der Waals surface area contributed by atoms with Crippen LogP contribution in [0.2, 0.25) is 0 Å². The van der Waals surface area contributed by atoms with Crippen molar-refractivity contribution in [3.8, 4) is 5.75 Å². The Hall–Kier alpha value is -2.44. The number of rotatable bonds is 4. The lowest BCUT2D eigenvalue weighted by molar-refractivity contribution is 0.0179. The van der Waals surface area contributed by atoms with Gasteiger partial charge in [-0.1, -0.05) is 30.3 Å². The number of carbonyl (C=O) groups excluding carboxylic acids is 1. The second kappa shape index (κ2) is 6.87. The third kappa shape index (κ3) is 2.88. The topological polar surface area (TPSA) is 57.7 Å². The van der Waals surface area contributed by atoms with E-state index in [2.05, 4.69) is 50.4 Å². The highest BCUT2D eigenvalue weighted by Crippen LogP contribution is 2.43. The first kappa shape index (κ1) is 17.6. The molecule has 1 N–H and O–H groups in total. The number of fused-ring (bicyclic) bond motifs is 1. The summed E-state index contributed by atoms with van der Waals surface area (Å²) < 4.78 is 5.26. The van der Waals surface area contributed by atoms with Gasteiger partial charge in [0.25, 0.3) is 5.91 Å². The van der Waals surface area contributed by atoms with Crippen molar-refractivity contribution in [3.63, 3.8) is 0 Å². The molecule has 1 amide bonds. The van der Waals surface area contributed by atoms with Crippen LogP contribution in [0.15, 0.2) is 48.7 Å². The summed E-state index contributed by atoms with van der Waals surface area (Å²) >= 11 is 0. The van der Waals surface area contributed by atoms with Crippen molar-refractivity contribution in [2.45, 2.75) is 11.5 Å². The molecule has 3 atom stereocenters. The SMILES string of the molecule is COc1ccnc(C(=O)N[C@H]2C3CN4CCN(C3)CC2(c2ccccc2)C4)c1. The molecule has 4 aliphatic heterocycles. The monoisotopic (exact) mass is 378 g/mol. The summed E-state index contributed by atoms with van der Waals surface area (Å²) in [5.74, 6) is 0.951. The van der Waals surface area contributed by atoms with Gasteiger partial charge in [-0.2, -0.15) is 0 Å². The minimum Gasteiger partial charge on any atom is -0.497 e. The summed E-state index contributed by atoms with van der Waals surface area (Å²) in [6.07, 6.45) is 1.63. The molecule has 4 bridgehead atoms. The van der Waals surface area contributed by atoms with Gasteiger partial charge in [-0.05, 0) is 11.6 Å². The van der Waals surface area contributed by atoms with E-state index in [1.165, 1.54) is 5.56 Å². The second-order valence-corrected chi connectivity index (χ2v) is 8.28. The molecule has 4 saturated heterocycles. The predicted molar refractivity (Wildman–Crippen MR) is 107 cm³/mol. The highest BCUT2D eigenvalue weighted by molar-refractivity contribution is 5.93. The van der Waals surface area contributed by atoms with Crippen molar-refractivity contribution in [2.24, 2.45) is 5.92 Å². The Morgan fingerprint density at radius 3 is 2.54 bits per heavy atom. The van der Waals surface area contributed by atoms with E-state index in [1.807, 2.05) is 0 Å². The van der Waals surface area contributed by atoms with Gasteiger partial charge in [0.1, 0.15) is 11.4 Å². The molecule has 4 aliphatic rings. The summed E-state index contributed by atoms with van der Waals surface area (Å²) in [6.45, 7) is 6.29. The number of pyridine rings is 1. The first-order valence-corrected chi connectivity index (χ1v) is 9.99. The predicted octanol–water partition coefficient (Wildman–Crippen LogP) is 1.39. The Labute approximate surface area is 165 Å². The number of nitrogens with one attached hydrogen (secondary N) is 1. The van der Waals surface area contributed by atoms with Gasteiger partial charge in [-0.3, -0.25) is 9.78 Å². The van der Waals surface area contributed by atoms with Crippen LogP contribution in [0.4, 0.5) is 0 Å². The molecule has 2 unspecified atom stereocenters. The van der Waals surface area contributed by atoms with Crippen LogP contribution >= 0.6 is 0 Å². The van der Waals surface area contributed by atoms with Gasteiger partial charge in [-0.15, -0.1) is 0 Å². The molecular formula is C22H26N4O2. The zero-order chi connectivity index (χ0) is 19.1. The van der Waals surface area contributed by atoms with Crippen LogP contribution < -0.4 is 10.1 Å². The van der Waals surface area contributed by atoms with E-state index in [9.17, 15) is 4.79 Å². The third-order valence-corrected chi connectivity index (χ3v) is 6.63. The molecule has 1 aromatic carbocycles. The number of hydrogen-bond acceptors (Lipinski definition) is 5. The number of carbonyl (C=O) groups is 1. The van der Waals surface area contributed by atoms with Crippen LogP contribution in [0.3, 0.4) is 0 Å². The standard InChI is InChI=1S/C22H26N4O2/c1-28-18-7-8-23-19(11-18)21(27)24-20-16-12-25-9-10-26(13-16)15-22(20,14-25)17-5-3-2-4-6-17/h2-8,11,16,20H,9-10,12-15H2,1H3,(H,24,27)/t16?,20-,22?/m0/s1. The second-order valence-electron chi connectivity index (χ2n) is 8.28. The van der Waals surface area contributed by atoms with Crippen LogP contribution in [0.1, 0.15) is 16.1 Å². The maximum Gasteiger partial charge on any atom is 0.270 e. The molecule has 5 heterocycles. The molecule has 28 heavy (non-hydrogen) atoms. The summed E-state index contributed by atoms with van der Waals surface area (Å²) in [4.78, 5) is 22.5. The number of hydrogen-bond donors (Lipinski definition) is 1. The first-order chi connectivity index (χ1) is 13.7. The molecule has 2 aromatic rings. The molecule has 6 rings (SSSR count). The Morgan fingerprint density at radius 1 is 1.14 bits per heavy atom. The lowest BCUT2D eigenvalue weighted by atomic mass is 9.64. The first-order valence-electron chi connectivity index (χ1n) is 9.99. The van der Waals surface area contributed by atoms with Crippen molar-refractivity contribution >= 4 is 5.91 Å². The minimum atomic E-state index is -0.115. The number of piperidine rings is 2. The van der Waals surface area contributed by atoms with E-state index in [0.29, 0.717) is 17.4 Å². The number of amides is 1. The molecule has 0 aliphatic carbocycles. The van der Waals surface area contributed by atoms with Gasteiger partial charge in [0, 0.05) is 68.9 Å². The van der Waals surface area contributed by atoms with Crippen LogP contribution in [0.25, 0.3) is 0 Å². The van der Waals surface area contributed by atoms with Gasteiger partial charge in [0.15, 0.2) is 0 Å². The Bertz CT molecular complexity index is 856. The lowest BCUT2D eigenvalue weighted by Gasteiger charge is -2.55. The molecule has 6 heteroatoms. The van der Waals surface area contributed by atoms with Gasteiger partial charge in [-0.25, -0.2) is 0 Å². The van der Waals surface area contributed by atoms with Gasteiger partial charge >= 0.3 is 0 Å². The Balaban J connectivity index is 1.51. The van der Waals surface area contributed by atoms with Crippen molar-refractivity contribution in [1.82, 2.24) is 20.1 Å². The minimum absolute atomic E-state index is 0.0898. The zero-order valence-corrected chi connectivity index (χ0v) is 16.2. The molecule has 0 saturated carbocycles. The summed E-state index contributed by atoms with van der Waals surface area (Å²) in [6, 6.07) is 14.3. The molecular weight excluding hydrogens is 352 g/mol. The Morgan fingerprint density at radius 2 is 1.86 bits per heavy atom. The average molecular weight is 378 g/mol. The number of ether oxygens (including phenoxy) is 1. The normalized spacial score (nSPS) is 33.3. The summed E-state index contributed by atoms with van der Waals surface area (Å²) in [5.41, 5.74) is 1.64. The fourth-order valence-corrected chi connectivity index (χ4v) is 5.45. The van der Waals surface area contributed by atoms with Crippen molar-refractivity contribution < 1.29 is 9.53 Å². The molecule has 1 aromatic heterocycles. The van der Waals surface area contributed by atoms with Gasteiger partial charge in [0.05, 0.1) is 7.11 Å². The van der Waals surface area contributed by atoms with E-state index in [0.717, 1.165) is 39.3 Å². The number of nitrogens with zero attached hydrogens (tertiary/aromatic N) is 3. The number of benzene rings is 1. The zero-order valence-electron chi connectivity index (χ0n) is 16.2. The van der Waals surface area contributed by atoms with E-state index in [-0.39, 0.29) is 17.4 Å². The molecule has 0 radical (unpaired) electrons. The van der Waals surface area contributed by atoms with E-state index >= 15 is 0 Å². The van der Waals surface area contributed by atoms with E-state index in [4.69, 9.17) is 4.74 Å². The van der Waals surface area contributed by atoms with Crippen molar-refractivity contribution in [1.29, 1.82) is 0 Å². The van der Waals surface area contributed by atoms with Crippen LogP contribution in [-0.4, -0.2) is 73.1 Å². The van der Waals surface area contributed by atoms with E-state index in [1.54, 1.807) is 25.4 Å². The number of methoxy groups -OCH3 is 1. The van der Waals surface area contributed by atoms with Crippen LogP contribution in [-0.2, 0) is 5.41 Å². The molecule has 4 fully saturated rings. The summed E-state index contributed by atoms with van der Waals surface area (Å²) in [5, 5.41) is 3.39. The Kier molecular flexibility index (Phi) is 4.33. The molecule has 6 nitrogen and oxygen atoms in total. The molecule has 0 spiro atoms. The maximum atomic E-state index is 13.1. The molecule has 146 valence electrons. The van der Waals surface area contributed by atoms with Gasteiger partial charge in [0.2, 0.25) is 0 Å². The fraction of sp³-hybridized carbons (Fsp3) is 0.455. The van der Waals surface area contributed by atoms with Crippen molar-refractivity contribution in [3.05, 3.63) is 59.9 Å². The smallest absolute Gasteiger partial charge is 0.270 e. The van der Waals surface area contributed by atoms with Crippen molar-refractivity contribution in [2.75, 3.05) is 46.4 Å². The number of aromatic nitrogens is 1. The highest BCUT2D eigenvalue weighted by atomic mass is 16.5. The summed E-state index contributed by atoms with van der Waals surface area (Å²) in [7, 11) is 1.60. The van der Waals surface area contributed by atoms with Crippen LogP contribution in [0, 0.1) is 5.92 Å². The van der Waals surface area contributed by atoms with E-state index < -0.39 is 0 Å². The average Bonchev–Trinajstić information content (AvgIpc) is 2.99. The third-order valence-electron chi connectivity index (χ3n) is 6.63. The van der Waals surface area contributed by atoms with Crippen LogP contribution in [0.5, 0.6) is 5.75 Å². The quantitative estimate of drug-likeness (QED) is 0.871. The maximum absolute atomic E-state index is 13.1. The largest absolute Gasteiger partial charge is 0.497 e.